The molecule has 2 N–H and O–H groups in total. The average molecular weight is 298 g/mol. The van der Waals surface area contributed by atoms with Gasteiger partial charge in [0.05, 0.1) is 7.11 Å². The number of aryl methyl sites for hydroxylation is 2. The predicted molar refractivity (Wildman–Crippen MR) is 88.0 cm³/mol. The summed E-state index contributed by atoms with van der Waals surface area (Å²) in [4.78, 5) is 11.9. The summed E-state index contributed by atoms with van der Waals surface area (Å²) in [5.74, 6) is 0.828. The van der Waals surface area contributed by atoms with Crippen LogP contribution in [0.25, 0.3) is 0 Å². The summed E-state index contributed by atoms with van der Waals surface area (Å²) in [6, 6.07) is 13.7. The van der Waals surface area contributed by atoms with Gasteiger partial charge in [-0.15, -0.1) is 0 Å². The van der Waals surface area contributed by atoms with E-state index in [4.69, 9.17) is 4.74 Å². The zero-order chi connectivity index (χ0) is 15.9. The Morgan fingerprint density at radius 1 is 1.05 bits per heavy atom. The summed E-state index contributed by atoms with van der Waals surface area (Å²) in [6.07, 6.45) is 0. The number of amides is 2. The van der Waals surface area contributed by atoms with Crippen LogP contribution in [0.4, 0.5) is 4.79 Å². The molecule has 0 unspecified atom stereocenters. The number of nitrogens with one attached hydrogen (secondary N) is 2. The Bertz CT molecular complexity index is 639. The van der Waals surface area contributed by atoms with Gasteiger partial charge < -0.3 is 15.4 Å². The van der Waals surface area contributed by atoms with E-state index in [1.54, 1.807) is 7.11 Å². The van der Waals surface area contributed by atoms with Crippen molar-refractivity contribution in [1.82, 2.24) is 10.6 Å². The predicted octanol–water partition coefficient (Wildman–Crippen LogP) is 3.31. The lowest BCUT2D eigenvalue weighted by Crippen LogP contribution is -2.34. The molecule has 0 aliphatic carbocycles. The minimum absolute atomic E-state index is 0.190. The summed E-state index contributed by atoms with van der Waals surface area (Å²) in [5, 5.41) is 5.71. The zero-order valence-corrected chi connectivity index (χ0v) is 13.3. The first-order chi connectivity index (χ1) is 10.6. The number of rotatable bonds is 5. The first-order valence-electron chi connectivity index (χ1n) is 7.30. The van der Waals surface area contributed by atoms with Crippen molar-refractivity contribution < 1.29 is 9.53 Å². The van der Waals surface area contributed by atoms with Gasteiger partial charge in [0, 0.05) is 18.7 Å². The van der Waals surface area contributed by atoms with Crippen LogP contribution in [0.5, 0.6) is 5.75 Å². The van der Waals surface area contributed by atoms with Crippen molar-refractivity contribution in [1.29, 1.82) is 0 Å². The molecule has 0 atom stereocenters. The highest BCUT2D eigenvalue weighted by atomic mass is 16.5. The molecule has 0 radical (unpaired) electrons. The van der Waals surface area contributed by atoms with Crippen molar-refractivity contribution in [3.05, 3.63) is 64.7 Å². The second kappa shape index (κ2) is 7.50. The largest absolute Gasteiger partial charge is 0.496 e. The maximum absolute atomic E-state index is 11.9. The quantitative estimate of drug-likeness (QED) is 0.889. The Kier molecular flexibility index (Phi) is 5.42. The van der Waals surface area contributed by atoms with Crippen LogP contribution in [0.1, 0.15) is 22.3 Å². The Morgan fingerprint density at radius 3 is 2.41 bits per heavy atom. The van der Waals surface area contributed by atoms with Gasteiger partial charge in [0.2, 0.25) is 0 Å². The number of urea groups is 1. The molecule has 22 heavy (non-hydrogen) atoms. The normalized spacial score (nSPS) is 10.1. The number of carbonyl (C=O) groups is 1. The van der Waals surface area contributed by atoms with E-state index < -0.39 is 0 Å². The van der Waals surface area contributed by atoms with Crippen molar-refractivity contribution in [2.75, 3.05) is 7.11 Å². The molecule has 0 aliphatic rings. The molecule has 0 fully saturated rings. The molecule has 0 spiro atoms. The van der Waals surface area contributed by atoms with Crippen LogP contribution in [0.15, 0.2) is 42.5 Å². The monoisotopic (exact) mass is 298 g/mol. The molecule has 116 valence electrons. The van der Waals surface area contributed by atoms with Crippen molar-refractivity contribution >= 4 is 6.03 Å². The van der Waals surface area contributed by atoms with E-state index in [-0.39, 0.29) is 6.03 Å². The van der Waals surface area contributed by atoms with Crippen LogP contribution in [-0.4, -0.2) is 13.1 Å². The molecule has 2 aromatic rings. The van der Waals surface area contributed by atoms with Gasteiger partial charge in [0.15, 0.2) is 0 Å². The molecule has 4 heteroatoms. The number of carbonyl (C=O) groups excluding carboxylic acids is 1. The van der Waals surface area contributed by atoms with E-state index in [1.807, 2.05) is 50.2 Å². The first-order valence-corrected chi connectivity index (χ1v) is 7.30. The third-order valence-electron chi connectivity index (χ3n) is 3.44. The van der Waals surface area contributed by atoms with Gasteiger partial charge in [0.1, 0.15) is 5.75 Å². The van der Waals surface area contributed by atoms with Crippen molar-refractivity contribution in [2.45, 2.75) is 26.9 Å². The fourth-order valence-corrected chi connectivity index (χ4v) is 2.48. The minimum atomic E-state index is -0.190. The van der Waals surface area contributed by atoms with Gasteiger partial charge in [-0.2, -0.15) is 0 Å². The van der Waals surface area contributed by atoms with Gasteiger partial charge in [-0.25, -0.2) is 4.79 Å². The standard InChI is InChI=1S/C18H22N2O2/c1-13-9-14(2)17(22-3)16(10-13)12-20-18(21)19-11-15-7-5-4-6-8-15/h4-10H,11-12H2,1-3H3,(H2,19,20,21). The third-order valence-corrected chi connectivity index (χ3v) is 3.44. The van der Waals surface area contributed by atoms with Crippen molar-refractivity contribution in [3.63, 3.8) is 0 Å². The number of ether oxygens (including phenoxy) is 1. The van der Waals surface area contributed by atoms with Crippen LogP contribution >= 0.6 is 0 Å². The number of hydrogen-bond donors (Lipinski definition) is 2. The van der Waals surface area contributed by atoms with E-state index in [1.165, 1.54) is 0 Å². The highest BCUT2D eigenvalue weighted by molar-refractivity contribution is 5.74. The maximum atomic E-state index is 11.9. The second-order valence-electron chi connectivity index (χ2n) is 5.30. The van der Waals surface area contributed by atoms with Crippen LogP contribution in [0, 0.1) is 13.8 Å². The number of benzene rings is 2. The second-order valence-corrected chi connectivity index (χ2v) is 5.30. The van der Waals surface area contributed by atoms with Gasteiger partial charge in [-0.1, -0.05) is 48.0 Å². The third kappa shape index (κ3) is 4.25. The minimum Gasteiger partial charge on any atom is -0.496 e. The van der Waals surface area contributed by atoms with E-state index in [9.17, 15) is 4.79 Å². The van der Waals surface area contributed by atoms with E-state index >= 15 is 0 Å². The topological polar surface area (TPSA) is 50.4 Å². The Balaban J connectivity index is 1.91. The van der Waals surface area contributed by atoms with Crippen LogP contribution in [-0.2, 0) is 13.1 Å². The molecule has 0 saturated heterocycles. The summed E-state index contributed by atoms with van der Waals surface area (Å²) >= 11 is 0. The zero-order valence-electron chi connectivity index (χ0n) is 13.3. The highest BCUT2D eigenvalue weighted by Gasteiger charge is 2.09. The lowest BCUT2D eigenvalue weighted by Gasteiger charge is -2.14. The van der Waals surface area contributed by atoms with Gasteiger partial charge in [-0.3, -0.25) is 0 Å². The SMILES string of the molecule is COc1c(C)cc(C)cc1CNC(=O)NCc1ccccc1. The molecule has 0 saturated carbocycles. The van der Waals surface area contributed by atoms with Crippen LogP contribution in [0.3, 0.4) is 0 Å². The fourth-order valence-electron chi connectivity index (χ4n) is 2.48. The van der Waals surface area contributed by atoms with Gasteiger partial charge in [-0.05, 0) is 25.0 Å². The fraction of sp³-hybridized carbons (Fsp3) is 0.278. The lowest BCUT2D eigenvalue weighted by molar-refractivity contribution is 0.240. The summed E-state index contributed by atoms with van der Waals surface area (Å²) in [6.45, 7) is 4.99. The molecule has 2 amide bonds. The van der Waals surface area contributed by atoms with E-state index in [2.05, 4.69) is 16.7 Å². The lowest BCUT2D eigenvalue weighted by atomic mass is 10.1. The maximum Gasteiger partial charge on any atom is 0.315 e. The molecular formula is C18H22N2O2. The summed E-state index contributed by atoms with van der Waals surface area (Å²) < 4.78 is 5.42. The van der Waals surface area contributed by atoms with Crippen molar-refractivity contribution in [3.8, 4) is 5.75 Å². The highest BCUT2D eigenvalue weighted by Crippen LogP contribution is 2.24. The summed E-state index contributed by atoms with van der Waals surface area (Å²) in [5.41, 5.74) is 4.28. The number of hydrogen-bond acceptors (Lipinski definition) is 2. The average Bonchev–Trinajstić information content (AvgIpc) is 2.51. The molecule has 2 aromatic carbocycles. The first kappa shape index (κ1) is 15.9. The van der Waals surface area contributed by atoms with E-state index in [0.717, 1.165) is 28.0 Å². The van der Waals surface area contributed by atoms with Crippen molar-refractivity contribution in [2.24, 2.45) is 0 Å². The van der Waals surface area contributed by atoms with Crippen LogP contribution < -0.4 is 15.4 Å². The van der Waals surface area contributed by atoms with Gasteiger partial charge >= 0.3 is 6.03 Å². The molecule has 0 aliphatic heterocycles. The molecule has 0 bridgehead atoms. The number of methoxy groups -OCH3 is 1. The Labute approximate surface area is 131 Å². The van der Waals surface area contributed by atoms with Crippen LogP contribution in [0.2, 0.25) is 0 Å². The Hall–Kier alpha value is -2.49. The Morgan fingerprint density at radius 2 is 1.73 bits per heavy atom. The molecule has 2 rings (SSSR count). The molecule has 0 heterocycles. The molecular weight excluding hydrogens is 276 g/mol. The summed E-state index contributed by atoms with van der Waals surface area (Å²) in [7, 11) is 1.65. The molecule has 0 aromatic heterocycles. The molecule has 4 nitrogen and oxygen atoms in total. The van der Waals surface area contributed by atoms with Gasteiger partial charge in [0.25, 0.3) is 0 Å². The van der Waals surface area contributed by atoms with E-state index in [0.29, 0.717) is 13.1 Å². The smallest absolute Gasteiger partial charge is 0.315 e.